The molecule has 0 aromatic heterocycles. The SMILES string of the molecule is O=C(O)Cc1cccc(Oc2ccccc2NC(=O)/C=C/c2ccc(C(F)(F)F)cc2)c1. The van der Waals surface area contributed by atoms with E-state index in [0.717, 1.165) is 12.1 Å². The molecule has 3 rings (SSSR count). The van der Waals surface area contributed by atoms with Gasteiger partial charge >= 0.3 is 12.1 Å². The van der Waals surface area contributed by atoms with Gasteiger partial charge in [0.1, 0.15) is 5.75 Å². The molecule has 8 heteroatoms. The lowest BCUT2D eigenvalue weighted by Gasteiger charge is -2.12. The molecule has 0 heterocycles. The summed E-state index contributed by atoms with van der Waals surface area (Å²) in [6.07, 6.45) is -1.97. The molecule has 0 aliphatic rings. The molecule has 2 N–H and O–H groups in total. The topological polar surface area (TPSA) is 75.6 Å². The highest BCUT2D eigenvalue weighted by molar-refractivity contribution is 6.02. The van der Waals surface area contributed by atoms with Crippen LogP contribution >= 0.6 is 0 Å². The van der Waals surface area contributed by atoms with E-state index in [-0.39, 0.29) is 6.42 Å². The third kappa shape index (κ3) is 6.46. The fourth-order valence-corrected chi connectivity index (χ4v) is 2.81. The quantitative estimate of drug-likeness (QED) is 0.456. The number of carbonyl (C=O) groups is 2. The van der Waals surface area contributed by atoms with Crippen LogP contribution in [0.5, 0.6) is 11.5 Å². The average Bonchev–Trinajstić information content (AvgIpc) is 2.73. The lowest BCUT2D eigenvalue weighted by molar-refractivity contribution is -0.138. The fourth-order valence-electron chi connectivity index (χ4n) is 2.81. The lowest BCUT2D eigenvalue weighted by Crippen LogP contribution is -2.08. The Morgan fingerprint density at radius 2 is 1.69 bits per heavy atom. The van der Waals surface area contributed by atoms with E-state index in [2.05, 4.69) is 5.32 Å². The molecule has 0 unspecified atom stereocenters. The minimum atomic E-state index is -4.42. The van der Waals surface area contributed by atoms with Crippen molar-refractivity contribution in [2.75, 3.05) is 5.32 Å². The number of benzene rings is 3. The zero-order valence-electron chi connectivity index (χ0n) is 16.6. The van der Waals surface area contributed by atoms with Crippen molar-refractivity contribution in [1.82, 2.24) is 0 Å². The maximum absolute atomic E-state index is 12.6. The van der Waals surface area contributed by atoms with E-state index in [9.17, 15) is 22.8 Å². The highest BCUT2D eigenvalue weighted by Gasteiger charge is 2.29. The van der Waals surface area contributed by atoms with Crippen LogP contribution in [0.1, 0.15) is 16.7 Å². The molecule has 0 radical (unpaired) electrons. The highest BCUT2D eigenvalue weighted by atomic mass is 19.4. The number of para-hydroxylation sites is 2. The van der Waals surface area contributed by atoms with Gasteiger partial charge in [-0.25, -0.2) is 0 Å². The Hall–Kier alpha value is -4.07. The summed E-state index contributed by atoms with van der Waals surface area (Å²) in [5.74, 6) is -0.711. The maximum Gasteiger partial charge on any atom is 0.416 e. The van der Waals surface area contributed by atoms with Gasteiger partial charge in [0.15, 0.2) is 5.75 Å². The molecule has 0 saturated heterocycles. The lowest BCUT2D eigenvalue weighted by atomic mass is 10.1. The first-order valence-corrected chi connectivity index (χ1v) is 9.44. The summed E-state index contributed by atoms with van der Waals surface area (Å²) in [6, 6.07) is 17.7. The number of amides is 1. The molecule has 0 spiro atoms. The first-order valence-electron chi connectivity index (χ1n) is 9.44. The van der Waals surface area contributed by atoms with E-state index in [0.29, 0.717) is 28.3 Å². The zero-order valence-corrected chi connectivity index (χ0v) is 16.6. The number of carboxylic acid groups (broad SMARTS) is 1. The smallest absolute Gasteiger partial charge is 0.416 e. The van der Waals surface area contributed by atoms with Gasteiger partial charge in [0.2, 0.25) is 5.91 Å². The number of hydrogen-bond acceptors (Lipinski definition) is 3. The number of aliphatic carboxylic acids is 1. The van der Waals surface area contributed by atoms with Crippen molar-refractivity contribution in [2.24, 2.45) is 0 Å². The average molecular weight is 441 g/mol. The molecule has 32 heavy (non-hydrogen) atoms. The number of carboxylic acids is 1. The molecule has 0 fully saturated rings. The molecule has 164 valence electrons. The second kappa shape index (κ2) is 9.82. The fraction of sp³-hybridized carbons (Fsp3) is 0.0833. The van der Waals surface area contributed by atoms with Gasteiger partial charge in [-0.05, 0) is 53.6 Å². The second-order valence-electron chi connectivity index (χ2n) is 6.76. The standard InChI is InChI=1S/C24H18F3NO4/c25-24(26,27)18-11-8-16(9-12-18)10-13-22(29)28-20-6-1-2-7-21(20)32-19-5-3-4-17(14-19)15-23(30)31/h1-14H,15H2,(H,28,29)(H,30,31)/b13-10+. The minimum absolute atomic E-state index is 0.148. The predicted molar refractivity (Wildman–Crippen MR) is 113 cm³/mol. The Morgan fingerprint density at radius 3 is 2.38 bits per heavy atom. The number of nitrogens with one attached hydrogen (secondary N) is 1. The van der Waals surface area contributed by atoms with E-state index in [1.165, 1.54) is 24.3 Å². The van der Waals surface area contributed by atoms with Gasteiger partial charge in [-0.15, -0.1) is 0 Å². The van der Waals surface area contributed by atoms with Crippen molar-refractivity contribution >= 4 is 23.6 Å². The van der Waals surface area contributed by atoms with Crippen LogP contribution in [0, 0.1) is 0 Å². The van der Waals surface area contributed by atoms with Crippen molar-refractivity contribution in [3.8, 4) is 11.5 Å². The van der Waals surface area contributed by atoms with Crippen molar-refractivity contribution in [2.45, 2.75) is 12.6 Å². The number of carbonyl (C=O) groups excluding carboxylic acids is 1. The van der Waals surface area contributed by atoms with Crippen LogP contribution < -0.4 is 10.1 Å². The summed E-state index contributed by atoms with van der Waals surface area (Å²) in [5, 5.41) is 11.6. The number of halogens is 3. The third-order valence-electron chi connectivity index (χ3n) is 4.29. The molecule has 0 aliphatic carbocycles. The molecule has 3 aromatic carbocycles. The molecule has 5 nitrogen and oxygen atoms in total. The first-order chi connectivity index (χ1) is 15.2. The summed E-state index contributed by atoms with van der Waals surface area (Å²) in [4.78, 5) is 23.2. The number of anilines is 1. The van der Waals surface area contributed by atoms with Crippen LogP contribution in [0.4, 0.5) is 18.9 Å². The monoisotopic (exact) mass is 441 g/mol. The molecule has 0 bridgehead atoms. The number of hydrogen-bond donors (Lipinski definition) is 2. The van der Waals surface area contributed by atoms with Crippen molar-refractivity contribution in [3.63, 3.8) is 0 Å². The van der Waals surface area contributed by atoms with E-state index in [4.69, 9.17) is 9.84 Å². The van der Waals surface area contributed by atoms with Crippen molar-refractivity contribution < 1.29 is 32.6 Å². The van der Waals surface area contributed by atoms with Gasteiger partial charge in [-0.3, -0.25) is 9.59 Å². The number of alkyl halides is 3. The van der Waals surface area contributed by atoms with Crippen LogP contribution in [0.15, 0.2) is 78.9 Å². The summed E-state index contributed by atoms with van der Waals surface area (Å²) in [6.45, 7) is 0. The van der Waals surface area contributed by atoms with Crippen LogP contribution in [0.25, 0.3) is 6.08 Å². The third-order valence-corrected chi connectivity index (χ3v) is 4.29. The maximum atomic E-state index is 12.6. The van der Waals surface area contributed by atoms with E-state index in [1.807, 2.05) is 0 Å². The Balaban J connectivity index is 1.69. The van der Waals surface area contributed by atoms with Crippen molar-refractivity contribution in [3.05, 3.63) is 95.6 Å². The minimum Gasteiger partial charge on any atom is -0.481 e. The molecular formula is C24H18F3NO4. The van der Waals surface area contributed by atoms with Crippen LogP contribution in [0.2, 0.25) is 0 Å². The predicted octanol–water partition coefficient (Wildman–Crippen LogP) is 5.78. The van der Waals surface area contributed by atoms with Crippen molar-refractivity contribution in [1.29, 1.82) is 0 Å². The highest BCUT2D eigenvalue weighted by Crippen LogP contribution is 2.30. The van der Waals surface area contributed by atoms with Gasteiger partial charge < -0.3 is 15.2 Å². The first kappa shape index (κ1) is 22.6. The van der Waals surface area contributed by atoms with Gasteiger partial charge in [0.05, 0.1) is 17.7 Å². The van der Waals surface area contributed by atoms with Crippen LogP contribution in [-0.2, 0) is 22.2 Å². The molecule has 1 amide bonds. The second-order valence-corrected chi connectivity index (χ2v) is 6.76. The summed E-state index contributed by atoms with van der Waals surface area (Å²) < 4.78 is 43.7. The van der Waals surface area contributed by atoms with Crippen LogP contribution in [-0.4, -0.2) is 17.0 Å². The number of rotatable bonds is 7. The molecule has 0 atom stereocenters. The Kier molecular flexibility index (Phi) is 6.94. The number of ether oxygens (including phenoxy) is 1. The largest absolute Gasteiger partial charge is 0.481 e. The van der Waals surface area contributed by atoms with Crippen LogP contribution in [0.3, 0.4) is 0 Å². The Morgan fingerprint density at radius 1 is 0.969 bits per heavy atom. The van der Waals surface area contributed by atoms with Gasteiger partial charge in [-0.2, -0.15) is 13.2 Å². The molecule has 0 saturated carbocycles. The van der Waals surface area contributed by atoms with Gasteiger partial charge in [0.25, 0.3) is 0 Å². The normalized spacial score (nSPS) is 11.3. The zero-order chi connectivity index (χ0) is 23.1. The summed E-state index contributed by atoms with van der Waals surface area (Å²) in [5.41, 5.74) is 0.611. The summed E-state index contributed by atoms with van der Waals surface area (Å²) in [7, 11) is 0. The van der Waals surface area contributed by atoms with Gasteiger partial charge in [-0.1, -0.05) is 36.4 Å². The van der Waals surface area contributed by atoms with E-state index < -0.39 is 23.6 Å². The Bertz CT molecular complexity index is 1140. The van der Waals surface area contributed by atoms with E-state index >= 15 is 0 Å². The Labute approximate surface area is 181 Å². The molecule has 0 aliphatic heterocycles. The van der Waals surface area contributed by atoms with Gasteiger partial charge in [0, 0.05) is 6.08 Å². The molecular weight excluding hydrogens is 423 g/mol. The summed E-state index contributed by atoms with van der Waals surface area (Å²) >= 11 is 0. The molecule has 3 aromatic rings. The van der Waals surface area contributed by atoms with E-state index in [1.54, 1.807) is 48.5 Å².